The predicted molar refractivity (Wildman–Crippen MR) is 119 cm³/mol. The minimum absolute atomic E-state index is 0.0181. The molecule has 2 aromatic rings. The highest BCUT2D eigenvalue weighted by Crippen LogP contribution is 2.23. The van der Waals surface area contributed by atoms with Gasteiger partial charge in [0.25, 0.3) is 0 Å². The summed E-state index contributed by atoms with van der Waals surface area (Å²) in [7, 11) is 0. The molecular weight excluding hydrogens is 412 g/mol. The Bertz CT molecular complexity index is 887. The van der Waals surface area contributed by atoms with E-state index in [1.807, 2.05) is 6.07 Å². The van der Waals surface area contributed by atoms with Crippen LogP contribution >= 0.6 is 0 Å². The molecule has 2 aliphatic heterocycles. The maximum atomic E-state index is 13.5. The van der Waals surface area contributed by atoms with Gasteiger partial charge in [0.15, 0.2) is 0 Å². The first kappa shape index (κ1) is 22.8. The van der Waals surface area contributed by atoms with E-state index >= 15 is 0 Å². The molecule has 0 radical (unpaired) electrons. The highest BCUT2D eigenvalue weighted by Gasteiger charge is 2.28. The highest BCUT2D eigenvalue weighted by atomic mass is 19.1. The lowest BCUT2D eigenvalue weighted by molar-refractivity contribution is -0.127. The van der Waals surface area contributed by atoms with E-state index in [-0.39, 0.29) is 29.5 Å². The predicted octanol–water partition coefficient (Wildman–Crippen LogP) is 3.37. The van der Waals surface area contributed by atoms with Crippen LogP contribution < -0.4 is 5.32 Å². The first-order valence-electron chi connectivity index (χ1n) is 11.4. The van der Waals surface area contributed by atoms with Gasteiger partial charge in [0.2, 0.25) is 5.91 Å². The number of halogens is 2. The zero-order valence-electron chi connectivity index (χ0n) is 18.3. The third kappa shape index (κ3) is 6.12. The number of carbonyl (C=O) groups is 1. The van der Waals surface area contributed by atoms with Crippen molar-refractivity contribution in [1.82, 2.24) is 15.1 Å². The number of likely N-dealkylation sites (tertiary alicyclic amines) is 1. The average Bonchev–Trinajstić information content (AvgIpc) is 2.81. The maximum absolute atomic E-state index is 13.5. The minimum Gasteiger partial charge on any atom is -0.379 e. The van der Waals surface area contributed by atoms with Crippen LogP contribution in [0.4, 0.5) is 8.78 Å². The van der Waals surface area contributed by atoms with Crippen LogP contribution in [0.15, 0.2) is 48.5 Å². The number of amides is 1. The zero-order valence-corrected chi connectivity index (χ0v) is 18.3. The summed E-state index contributed by atoms with van der Waals surface area (Å²) in [6.07, 6.45) is 1.79. The number of carbonyl (C=O) groups excluding carboxylic acids is 1. The Morgan fingerprint density at radius 1 is 1.06 bits per heavy atom. The summed E-state index contributed by atoms with van der Waals surface area (Å²) in [5.74, 6) is -0.534. The van der Waals surface area contributed by atoms with Crippen LogP contribution in [-0.2, 0) is 16.1 Å². The molecule has 172 valence electrons. The summed E-state index contributed by atoms with van der Waals surface area (Å²) < 4.78 is 32.4. The van der Waals surface area contributed by atoms with Crippen LogP contribution in [0, 0.1) is 17.6 Å². The molecule has 2 heterocycles. The van der Waals surface area contributed by atoms with E-state index in [0.29, 0.717) is 32.8 Å². The summed E-state index contributed by atoms with van der Waals surface area (Å²) in [6.45, 7) is 5.57. The smallest absolute Gasteiger partial charge is 0.224 e. The van der Waals surface area contributed by atoms with Crippen LogP contribution in [-0.4, -0.2) is 61.6 Å². The monoisotopic (exact) mass is 443 g/mol. The molecule has 0 saturated carbocycles. The number of piperidine rings is 1. The van der Waals surface area contributed by atoms with Gasteiger partial charge in [0, 0.05) is 32.7 Å². The molecule has 2 atom stereocenters. The number of nitrogens with one attached hydrogen (secondary N) is 1. The van der Waals surface area contributed by atoms with Gasteiger partial charge in [-0.05, 0) is 54.8 Å². The molecule has 2 unspecified atom stereocenters. The van der Waals surface area contributed by atoms with Gasteiger partial charge in [-0.2, -0.15) is 0 Å². The lowest BCUT2D eigenvalue weighted by Crippen LogP contribution is -2.47. The van der Waals surface area contributed by atoms with Gasteiger partial charge in [0.05, 0.1) is 25.2 Å². The van der Waals surface area contributed by atoms with Gasteiger partial charge in [-0.3, -0.25) is 14.6 Å². The van der Waals surface area contributed by atoms with Crippen molar-refractivity contribution in [1.29, 1.82) is 0 Å². The molecule has 1 N–H and O–H groups in total. The molecule has 5 nitrogen and oxygen atoms in total. The number of morpholine rings is 1. The van der Waals surface area contributed by atoms with Crippen molar-refractivity contribution < 1.29 is 18.3 Å². The second kappa shape index (κ2) is 11.0. The van der Waals surface area contributed by atoms with Crippen molar-refractivity contribution in [2.75, 3.05) is 45.9 Å². The molecule has 2 aliphatic rings. The summed E-state index contributed by atoms with van der Waals surface area (Å²) >= 11 is 0. The Kier molecular flexibility index (Phi) is 7.84. The van der Waals surface area contributed by atoms with Crippen molar-refractivity contribution in [3.05, 3.63) is 71.3 Å². The van der Waals surface area contributed by atoms with E-state index in [1.54, 1.807) is 24.3 Å². The van der Waals surface area contributed by atoms with Crippen LogP contribution in [0.5, 0.6) is 0 Å². The Morgan fingerprint density at radius 3 is 2.59 bits per heavy atom. The topological polar surface area (TPSA) is 44.8 Å². The van der Waals surface area contributed by atoms with Crippen molar-refractivity contribution in [2.45, 2.75) is 25.4 Å². The van der Waals surface area contributed by atoms with E-state index < -0.39 is 0 Å². The van der Waals surface area contributed by atoms with Gasteiger partial charge >= 0.3 is 0 Å². The van der Waals surface area contributed by atoms with Gasteiger partial charge in [0.1, 0.15) is 11.6 Å². The maximum Gasteiger partial charge on any atom is 0.224 e. The van der Waals surface area contributed by atoms with Crippen molar-refractivity contribution >= 4 is 5.91 Å². The van der Waals surface area contributed by atoms with E-state index in [0.717, 1.165) is 43.6 Å². The van der Waals surface area contributed by atoms with Crippen LogP contribution in [0.1, 0.15) is 30.0 Å². The lowest BCUT2D eigenvalue weighted by atomic mass is 9.96. The first-order chi connectivity index (χ1) is 15.6. The van der Waals surface area contributed by atoms with E-state index in [9.17, 15) is 13.6 Å². The van der Waals surface area contributed by atoms with Crippen LogP contribution in [0.3, 0.4) is 0 Å². The standard InChI is InChI=1S/C25H31F2N3O2/c26-22-8-6-20(7-9-22)24(30-11-13-32-14-12-30)16-28-25(31)21-4-2-10-29(18-21)17-19-3-1-5-23(27)15-19/h1,3,5-9,15,21,24H,2,4,10-14,16-18H2,(H,28,31). The van der Waals surface area contributed by atoms with Crippen LogP contribution in [0.2, 0.25) is 0 Å². The Hall–Kier alpha value is -2.35. The van der Waals surface area contributed by atoms with Gasteiger partial charge < -0.3 is 10.1 Å². The second-order valence-corrected chi connectivity index (χ2v) is 8.67. The summed E-state index contributed by atoms with van der Waals surface area (Å²) in [4.78, 5) is 17.5. The van der Waals surface area contributed by atoms with Gasteiger partial charge in [-0.25, -0.2) is 8.78 Å². The Balaban J connectivity index is 1.36. The Labute approximate surface area is 188 Å². The largest absolute Gasteiger partial charge is 0.379 e. The van der Waals surface area contributed by atoms with Gasteiger partial charge in [-0.1, -0.05) is 24.3 Å². The average molecular weight is 444 g/mol. The van der Waals surface area contributed by atoms with Crippen molar-refractivity contribution in [3.63, 3.8) is 0 Å². The molecule has 4 rings (SSSR count). The number of ether oxygens (including phenoxy) is 1. The number of nitrogens with zero attached hydrogens (tertiary/aromatic N) is 2. The SMILES string of the molecule is O=C(NCC(c1ccc(F)cc1)N1CCOCC1)C1CCCN(Cc2cccc(F)c2)C1. The number of hydrogen-bond acceptors (Lipinski definition) is 4. The van der Waals surface area contributed by atoms with E-state index in [4.69, 9.17) is 4.74 Å². The normalized spacial score (nSPS) is 21.2. The molecule has 0 aromatic heterocycles. The summed E-state index contributed by atoms with van der Waals surface area (Å²) in [6, 6.07) is 13.2. The molecule has 1 amide bonds. The quantitative estimate of drug-likeness (QED) is 0.713. The molecule has 2 saturated heterocycles. The van der Waals surface area contributed by atoms with Crippen molar-refractivity contribution in [3.8, 4) is 0 Å². The van der Waals surface area contributed by atoms with Gasteiger partial charge in [-0.15, -0.1) is 0 Å². The molecule has 0 aliphatic carbocycles. The second-order valence-electron chi connectivity index (χ2n) is 8.67. The fourth-order valence-corrected chi connectivity index (χ4v) is 4.68. The fourth-order valence-electron chi connectivity index (χ4n) is 4.68. The lowest BCUT2D eigenvalue weighted by Gasteiger charge is -2.36. The number of benzene rings is 2. The molecule has 0 bridgehead atoms. The molecule has 2 fully saturated rings. The van der Waals surface area contributed by atoms with Crippen LogP contribution in [0.25, 0.3) is 0 Å². The highest BCUT2D eigenvalue weighted by molar-refractivity contribution is 5.79. The molecule has 2 aromatic carbocycles. The fraction of sp³-hybridized carbons (Fsp3) is 0.480. The summed E-state index contributed by atoms with van der Waals surface area (Å²) in [5, 5.41) is 3.15. The first-order valence-corrected chi connectivity index (χ1v) is 11.4. The third-order valence-corrected chi connectivity index (χ3v) is 6.38. The van der Waals surface area contributed by atoms with E-state index in [1.165, 1.54) is 18.2 Å². The van der Waals surface area contributed by atoms with Crippen molar-refractivity contribution in [2.24, 2.45) is 5.92 Å². The van der Waals surface area contributed by atoms with E-state index in [2.05, 4.69) is 15.1 Å². The molecule has 7 heteroatoms. The molecular formula is C25H31F2N3O2. The number of rotatable bonds is 7. The Morgan fingerprint density at radius 2 is 1.84 bits per heavy atom. The number of hydrogen-bond donors (Lipinski definition) is 1. The molecule has 0 spiro atoms. The molecule has 32 heavy (non-hydrogen) atoms. The third-order valence-electron chi connectivity index (χ3n) is 6.38. The minimum atomic E-state index is -0.265. The summed E-state index contributed by atoms with van der Waals surface area (Å²) in [5.41, 5.74) is 1.92. The zero-order chi connectivity index (χ0) is 22.3.